The van der Waals surface area contributed by atoms with Crippen LogP contribution in [-0.2, 0) is 4.74 Å². The van der Waals surface area contributed by atoms with E-state index in [1.807, 2.05) is 24.3 Å². The van der Waals surface area contributed by atoms with Crippen LogP contribution < -0.4 is 16.2 Å². The lowest BCUT2D eigenvalue weighted by Gasteiger charge is -2.15. The number of hydrogen-bond acceptors (Lipinski definition) is 4. The monoisotopic (exact) mass is 345 g/mol. The van der Waals surface area contributed by atoms with Gasteiger partial charge in [-0.1, -0.05) is 24.3 Å². The number of phenols is 1. The average Bonchev–Trinajstić information content (AvgIpc) is 3.10. The highest BCUT2D eigenvalue weighted by Crippen LogP contribution is 2.24. The van der Waals surface area contributed by atoms with E-state index in [2.05, 4.69) is 16.2 Å². The van der Waals surface area contributed by atoms with Gasteiger partial charge in [-0.3, -0.25) is 15.6 Å². The van der Waals surface area contributed by atoms with Gasteiger partial charge in [-0.15, -0.1) is 0 Å². The molecule has 1 amide bonds. The summed E-state index contributed by atoms with van der Waals surface area (Å²) in [5.41, 5.74) is 5.30. The summed E-state index contributed by atoms with van der Waals surface area (Å²) in [7, 11) is 0. The van der Waals surface area contributed by atoms with Crippen molar-refractivity contribution in [2.24, 2.45) is 0 Å². The molecule has 3 rings (SSSR count). The second-order valence-electron chi connectivity index (χ2n) is 5.64. The Morgan fingerprint density at radius 1 is 1.25 bits per heavy atom. The molecule has 0 unspecified atom stereocenters. The highest BCUT2D eigenvalue weighted by Gasteiger charge is 2.16. The van der Waals surface area contributed by atoms with Crippen LogP contribution in [0.15, 0.2) is 36.4 Å². The number of carbonyl (C=O) groups is 1. The summed E-state index contributed by atoms with van der Waals surface area (Å²) < 4.78 is 5.48. The molecule has 2 aromatic carbocycles. The minimum absolute atomic E-state index is 0.0776. The first-order valence-corrected chi connectivity index (χ1v) is 8.22. The van der Waals surface area contributed by atoms with Gasteiger partial charge in [0.15, 0.2) is 5.11 Å². The van der Waals surface area contributed by atoms with Crippen molar-refractivity contribution in [1.82, 2.24) is 16.2 Å². The van der Waals surface area contributed by atoms with Crippen molar-refractivity contribution in [3.8, 4) is 5.75 Å². The molecule has 1 fully saturated rings. The number of ether oxygens (including phenoxy) is 1. The van der Waals surface area contributed by atoms with E-state index in [4.69, 9.17) is 17.0 Å². The van der Waals surface area contributed by atoms with Crippen LogP contribution in [0.25, 0.3) is 10.8 Å². The lowest BCUT2D eigenvalue weighted by atomic mass is 10.1. The predicted octanol–water partition coefficient (Wildman–Crippen LogP) is 1.83. The van der Waals surface area contributed by atoms with E-state index in [-0.39, 0.29) is 17.4 Å². The maximum absolute atomic E-state index is 12.2. The first kappa shape index (κ1) is 16.5. The van der Waals surface area contributed by atoms with Gasteiger partial charge in [-0.25, -0.2) is 0 Å². The molecule has 24 heavy (non-hydrogen) atoms. The fourth-order valence-electron chi connectivity index (χ4n) is 2.65. The molecule has 4 N–H and O–H groups in total. The van der Waals surface area contributed by atoms with Gasteiger partial charge < -0.3 is 15.2 Å². The summed E-state index contributed by atoms with van der Waals surface area (Å²) in [6, 6.07) is 10.7. The van der Waals surface area contributed by atoms with Crippen molar-refractivity contribution in [3.63, 3.8) is 0 Å². The number of amides is 1. The number of benzene rings is 2. The molecule has 0 aromatic heterocycles. The maximum atomic E-state index is 12.2. The lowest BCUT2D eigenvalue weighted by molar-refractivity contribution is 0.0940. The third-order valence-corrected chi connectivity index (χ3v) is 4.16. The summed E-state index contributed by atoms with van der Waals surface area (Å²) in [4.78, 5) is 12.2. The van der Waals surface area contributed by atoms with E-state index >= 15 is 0 Å². The number of fused-ring (bicyclic) bond motifs is 1. The third-order valence-electron chi connectivity index (χ3n) is 3.91. The number of thiocarbonyl (C=S) groups is 1. The Hall–Kier alpha value is -2.38. The normalized spacial score (nSPS) is 16.8. The quantitative estimate of drug-likeness (QED) is 0.502. The van der Waals surface area contributed by atoms with Gasteiger partial charge in [0, 0.05) is 13.2 Å². The Labute approximate surface area is 145 Å². The largest absolute Gasteiger partial charge is 0.507 e. The van der Waals surface area contributed by atoms with Gasteiger partial charge in [-0.05, 0) is 48.0 Å². The summed E-state index contributed by atoms with van der Waals surface area (Å²) in [6.45, 7) is 1.38. The molecular weight excluding hydrogens is 326 g/mol. The Balaban J connectivity index is 1.56. The van der Waals surface area contributed by atoms with Crippen LogP contribution >= 0.6 is 12.2 Å². The zero-order valence-electron chi connectivity index (χ0n) is 13.0. The van der Waals surface area contributed by atoms with Crippen molar-refractivity contribution in [3.05, 3.63) is 42.0 Å². The van der Waals surface area contributed by atoms with Gasteiger partial charge in [0.25, 0.3) is 5.91 Å². The van der Waals surface area contributed by atoms with Crippen molar-refractivity contribution in [1.29, 1.82) is 0 Å². The highest BCUT2D eigenvalue weighted by atomic mass is 32.1. The minimum Gasteiger partial charge on any atom is -0.507 e. The van der Waals surface area contributed by atoms with E-state index in [9.17, 15) is 9.90 Å². The molecule has 0 saturated carbocycles. The molecule has 1 saturated heterocycles. The summed E-state index contributed by atoms with van der Waals surface area (Å²) in [5.74, 6) is -0.536. The van der Waals surface area contributed by atoms with E-state index in [1.54, 1.807) is 12.1 Å². The zero-order chi connectivity index (χ0) is 16.9. The number of aromatic hydroxyl groups is 1. The molecular formula is C17H19N3O3S. The van der Waals surface area contributed by atoms with Crippen molar-refractivity contribution < 1.29 is 14.6 Å². The Morgan fingerprint density at radius 3 is 2.71 bits per heavy atom. The molecule has 1 aliphatic rings. The fraction of sp³-hybridized carbons (Fsp3) is 0.294. The summed E-state index contributed by atoms with van der Waals surface area (Å²) in [6.07, 6.45) is 2.22. The standard InChI is InChI=1S/C17H19N3O3S/c21-15-9-12-5-2-1-4-11(12)8-14(15)16(22)19-20-17(24)18-10-13-6-3-7-23-13/h1-2,4-5,8-9,13,21H,3,6-7,10H2,(H,19,22)(H2,18,20,24)/t13-/m1/s1. The van der Waals surface area contributed by atoms with Gasteiger partial charge in [0.1, 0.15) is 5.75 Å². The molecule has 6 nitrogen and oxygen atoms in total. The number of hydrazine groups is 1. The van der Waals surface area contributed by atoms with E-state index in [0.29, 0.717) is 11.7 Å². The molecule has 1 heterocycles. The van der Waals surface area contributed by atoms with Crippen molar-refractivity contribution in [2.45, 2.75) is 18.9 Å². The molecule has 2 aromatic rings. The number of rotatable bonds is 3. The molecule has 7 heteroatoms. The first-order chi connectivity index (χ1) is 11.6. The number of hydrogen-bond donors (Lipinski definition) is 4. The zero-order valence-corrected chi connectivity index (χ0v) is 13.9. The van der Waals surface area contributed by atoms with Crippen LogP contribution in [0.1, 0.15) is 23.2 Å². The third kappa shape index (κ3) is 3.93. The summed E-state index contributed by atoms with van der Waals surface area (Å²) >= 11 is 5.11. The van der Waals surface area contributed by atoms with Gasteiger partial charge in [0.2, 0.25) is 0 Å². The second kappa shape index (κ2) is 7.46. The minimum atomic E-state index is -0.459. The smallest absolute Gasteiger partial charge is 0.273 e. The van der Waals surface area contributed by atoms with Crippen molar-refractivity contribution in [2.75, 3.05) is 13.2 Å². The number of phenolic OH excluding ortho intramolecular Hbond substituents is 1. The van der Waals surface area contributed by atoms with Crippen LogP contribution in [0.2, 0.25) is 0 Å². The topological polar surface area (TPSA) is 82.6 Å². The van der Waals surface area contributed by atoms with Crippen LogP contribution in [0.4, 0.5) is 0 Å². The number of carbonyl (C=O) groups excluding carboxylic acids is 1. The molecule has 126 valence electrons. The van der Waals surface area contributed by atoms with Crippen LogP contribution in [-0.4, -0.2) is 35.4 Å². The van der Waals surface area contributed by atoms with Gasteiger partial charge in [-0.2, -0.15) is 0 Å². The van der Waals surface area contributed by atoms with Crippen LogP contribution in [0.3, 0.4) is 0 Å². The van der Waals surface area contributed by atoms with Crippen LogP contribution in [0.5, 0.6) is 5.75 Å². The Morgan fingerprint density at radius 2 is 2.00 bits per heavy atom. The Kier molecular flexibility index (Phi) is 5.12. The van der Waals surface area contributed by atoms with Crippen molar-refractivity contribution >= 4 is 34.0 Å². The summed E-state index contributed by atoms with van der Waals surface area (Å²) in [5, 5.41) is 15.1. The molecule has 1 aliphatic heterocycles. The second-order valence-corrected chi connectivity index (χ2v) is 6.05. The predicted molar refractivity (Wildman–Crippen MR) is 95.8 cm³/mol. The highest BCUT2D eigenvalue weighted by molar-refractivity contribution is 7.80. The van der Waals surface area contributed by atoms with E-state index in [1.165, 1.54) is 0 Å². The molecule has 1 atom stereocenters. The SMILES string of the molecule is O=C(NNC(=S)NC[C@H]1CCCO1)c1cc2ccccc2cc1O. The average molecular weight is 345 g/mol. The molecule has 0 radical (unpaired) electrons. The maximum Gasteiger partial charge on any atom is 0.273 e. The van der Waals surface area contributed by atoms with E-state index < -0.39 is 5.91 Å². The fourth-order valence-corrected chi connectivity index (χ4v) is 2.78. The lowest BCUT2D eigenvalue weighted by Crippen LogP contribution is -2.48. The van der Waals surface area contributed by atoms with Gasteiger partial charge >= 0.3 is 0 Å². The molecule has 0 bridgehead atoms. The molecule has 0 aliphatic carbocycles. The molecule has 0 spiro atoms. The van der Waals surface area contributed by atoms with Gasteiger partial charge in [0.05, 0.1) is 11.7 Å². The van der Waals surface area contributed by atoms with E-state index in [0.717, 1.165) is 30.2 Å². The van der Waals surface area contributed by atoms with Crippen LogP contribution in [0, 0.1) is 0 Å². The first-order valence-electron chi connectivity index (χ1n) is 7.81. The Bertz CT molecular complexity index is 760. The number of nitrogens with one attached hydrogen (secondary N) is 3.